The van der Waals surface area contributed by atoms with Crippen molar-refractivity contribution >= 4 is 0 Å². The fourth-order valence-corrected chi connectivity index (χ4v) is 4.07. The van der Waals surface area contributed by atoms with E-state index in [0.29, 0.717) is 12.5 Å². The van der Waals surface area contributed by atoms with E-state index in [9.17, 15) is 5.11 Å². The van der Waals surface area contributed by atoms with Crippen molar-refractivity contribution < 1.29 is 9.84 Å². The van der Waals surface area contributed by atoms with Crippen molar-refractivity contribution in [1.29, 1.82) is 0 Å². The summed E-state index contributed by atoms with van der Waals surface area (Å²) in [7, 11) is 0. The van der Waals surface area contributed by atoms with Crippen LogP contribution in [0.25, 0.3) is 0 Å². The van der Waals surface area contributed by atoms with Crippen LogP contribution < -0.4 is 0 Å². The highest BCUT2D eigenvalue weighted by Gasteiger charge is 2.72. The molecule has 2 nitrogen and oxygen atoms in total. The lowest BCUT2D eigenvalue weighted by Crippen LogP contribution is -2.53. The topological polar surface area (TPSA) is 29.5 Å². The Balaban J connectivity index is 2.21. The molecule has 0 amide bonds. The molecule has 1 N–H and O–H groups in total. The van der Waals surface area contributed by atoms with Crippen LogP contribution in [0.5, 0.6) is 0 Å². The molecule has 1 saturated carbocycles. The maximum atomic E-state index is 10.9. The van der Waals surface area contributed by atoms with Crippen LogP contribution in [-0.4, -0.2) is 22.9 Å². The highest BCUT2D eigenvalue weighted by Crippen LogP contribution is 2.65. The van der Waals surface area contributed by atoms with Gasteiger partial charge in [-0.25, -0.2) is 0 Å². The van der Waals surface area contributed by atoms with Crippen molar-refractivity contribution in [3.63, 3.8) is 0 Å². The van der Waals surface area contributed by atoms with E-state index in [0.717, 1.165) is 12.8 Å². The van der Waals surface area contributed by atoms with Crippen LogP contribution >= 0.6 is 0 Å². The smallest absolute Gasteiger partial charge is 0.113 e. The second kappa shape index (κ2) is 2.10. The van der Waals surface area contributed by atoms with Crippen molar-refractivity contribution in [3.05, 3.63) is 11.6 Å². The molecule has 1 aliphatic heterocycles. The zero-order valence-corrected chi connectivity index (χ0v) is 9.13. The number of aliphatic hydroxyl groups is 1. The number of rotatable bonds is 0. The Morgan fingerprint density at radius 2 is 2.21 bits per heavy atom. The van der Waals surface area contributed by atoms with Gasteiger partial charge in [-0.05, 0) is 26.7 Å². The monoisotopic (exact) mass is 194 g/mol. The van der Waals surface area contributed by atoms with E-state index in [2.05, 4.69) is 19.9 Å². The Labute approximate surface area is 85.0 Å². The van der Waals surface area contributed by atoms with Gasteiger partial charge < -0.3 is 9.84 Å². The average molecular weight is 194 g/mol. The maximum absolute atomic E-state index is 10.9. The SMILES string of the molecule is CC1=C[C@@]2(C)OC[C@@]3(C)CC[C@@H]1[C@]32O. The molecule has 2 heteroatoms. The molecule has 2 aliphatic carbocycles. The second-order valence-electron chi connectivity index (χ2n) is 5.70. The normalized spacial score (nSPS) is 60.3. The van der Waals surface area contributed by atoms with E-state index in [1.165, 1.54) is 5.57 Å². The summed E-state index contributed by atoms with van der Waals surface area (Å²) in [5.41, 5.74) is 0.232. The fourth-order valence-electron chi connectivity index (χ4n) is 4.07. The van der Waals surface area contributed by atoms with Crippen molar-refractivity contribution in [2.24, 2.45) is 11.3 Å². The third kappa shape index (κ3) is 0.636. The van der Waals surface area contributed by atoms with Crippen LogP contribution in [0.15, 0.2) is 11.6 Å². The van der Waals surface area contributed by atoms with Gasteiger partial charge >= 0.3 is 0 Å². The molecule has 78 valence electrons. The minimum Gasteiger partial charge on any atom is -0.385 e. The van der Waals surface area contributed by atoms with E-state index < -0.39 is 11.2 Å². The minimum absolute atomic E-state index is 0.0271. The molecule has 3 rings (SSSR count). The van der Waals surface area contributed by atoms with Crippen LogP contribution in [-0.2, 0) is 4.74 Å². The van der Waals surface area contributed by atoms with Gasteiger partial charge in [-0.1, -0.05) is 18.6 Å². The minimum atomic E-state index is -0.635. The lowest BCUT2D eigenvalue weighted by Gasteiger charge is -2.39. The van der Waals surface area contributed by atoms with Crippen LogP contribution in [0.1, 0.15) is 33.6 Å². The first-order valence-electron chi connectivity index (χ1n) is 5.49. The molecule has 0 aromatic rings. The summed E-state index contributed by atoms with van der Waals surface area (Å²) in [6.07, 6.45) is 4.35. The van der Waals surface area contributed by atoms with Gasteiger partial charge in [0.2, 0.25) is 0 Å². The van der Waals surface area contributed by atoms with Crippen LogP contribution in [0, 0.1) is 11.3 Å². The van der Waals surface area contributed by atoms with Gasteiger partial charge in [0.1, 0.15) is 11.2 Å². The molecule has 0 aromatic carbocycles. The summed E-state index contributed by atoms with van der Waals surface area (Å²) in [6, 6.07) is 0. The maximum Gasteiger partial charge on any atom is 0.113 e. The summed E-state index contributed by atoms with van der Waals surface area (Å²) in [4.78, 5) is 0. The molecule has 0 aromatic heterocycles. The second-order valence-corrected chi connectivity index (χ2v) is 5.70. The lowest BCUT2D eigenvalue weighted by molar-refractivity contribution is -0.105. The van der Waals surface area contributed by atoms with E-state index in [4.69, 9.17) is 4.74 Å². The van der Waals surface area contributed by atoms with Crippen molar-refractivity contribution in [1.82, 2.24) is 0 Å². The van der Waals surface area contributed by atoms with Gasteiger partial charge in [-0.15, -0.1) is 0 Å². The average Bonchev–Trinajstić information content (AvgIpc) is 2.56. The molecule has 4 atom stereocenters. The first-order chi connectivity index (χ1) is 6.43. The largest absolute Gasteiger partial charge is 0.385 e. The summed E-state index contributed by atoms with van der Waals surface area (Å²) in [5, 5.41) is 10.9. The van der Waals surface area contributed by atoms with E-state index in [1.807, 2.05) is 6.92 Å². The van der Waals surface area contributed by atoms with Crippen molar-refractivity contribution in [3.8, 4) is 0 Å². The van der Waals surface area contributed by atoms with Crippen LogP contribution in [0.4, 0.5) is 0 Å². The highest BCUT2D eigenvalue weighted by molar-refractivity contribution is 5.38. The molecule has 0 bridgehead atoms. The predicted molar refractivity (Wildman–Crippen MR) is 53.9 cm³/mol. The zero-order valence-electron chi connectivity index (χ0n) is 9.13. The summed E-state index contributed by atoms with van der Waals surface area (Å²) < 4.78 is 5.85. The Bertz CT molecular complexity index is 335. The predicted octanol–water partition coefficient (Wildman–Crippen LogP) is 1.88. The third-order valence-corrected chi connectivity index (χ3v) is 4.91. The Morgan fingerprint density at radius 3 is 2.93 bits per heavy atom. The molecule has 2 fully saturated rings. The summed E-state index contributed by atoms with van der Waals surface area (Å²) in [6.45, 7) is 7.04. The number of hydrogen-bond acceptors (Lipinski definition) is 2. The fraction of sp³-hybridized carbons (Fsp3) is 0.833. The molecule has 0 unspecified atom stereocenters. The van der Waals surface area contributed by atoms with Gasteiger partial charge in [0, 0.05) is 11.3 Å². The van der Waals surface area contributed by atoms with Crippen molar-refractivity contribution in [2.75, 3.05) is 6.61 Å². The Kier molecular flexibility index (Phi) is 1.34. The lowest BCUT2D eigenvalue weighted by atomic mass is 9.70. The quantitative estimate of drug-likeness (QED) is 0.597. The van der Waals surface area contributed by atoms with Crippen molar-refractivity contribution in [2.45, 2.75) is 44.8 Å². The third-order valence-electron chi connectivity index (χ3n) is 4.91. The molecule has 0 radical (unpaired) electrons. The molecule has 0 spiro atoms. The first-order valence-corrected chi connectivity index (χ1v) is 5.49. The molecule has 1 heterocycles. The van der Waals surface area contributed by atoms with E-state index in [1.54, 1.807) is 0 Å². The van der Waals surface area contributed by atoms with E-state index >= 15 is 0 Å². The standard InChI is InChI=1S/C12H18O2/c1-8-6-11(3)12(13)9(8)4-5-10(12,2)7-14-11/h6,9,13H,4-5,7H2,1-3H3/t9-,10+,11+,12-/m0/s1. The number of ether oxygens (including phenoxy) is 1. The molecule has 1 saturated heterocycles. The zero-order chi connectivity index (χ0) is 10.2. The Morgan fingerprint density at radius 1 is 1.50 bits per heavy atom. The molecular formula is C12H18O2. The highest BCUT2D eigenvalue weighted by atomic mass is 16.5. The summed E-state index contributed by atoms with van der Waals surface area (Å²) in [5.74, 6) is 0.333. The van der Waals surface area contributed by atoms with Gasteiger partial charge in [-0.3, -0.25) is 0 Å². The van der Waals surface area contributed by atoms with Gasteiger partial charge in [-0.2, -0.15) is 0 Å². The van der Waals surface area contributed by atoms with Gasteiger partial charge in [0.05, 0.1) is 6.61 Å². The van der Waals surface area contributed by atoms with Crippen LogP contribution in [0.3, 0.4) is 0 Å². The van der Waals surface area contributed by atoms with Gasteiger partial charge in [0.25, 0.3) is 0 Å². The number of hydrogen-bond donors (Lipinski definition) is 1. The first kappa shape index (κ1) is 8.93. The Hall–Kier alpha value is -0.340. The molecule has 14 heavy (non-hydrogen) atoms. The summed E-state index contributed by atoms with van der Waals surface area (Å²) >= 11 is 0. The molecular weight excluding hydrogens is 176 g/mol. The van der Waals surface area contributed by atoms with Gasteiger partial charge in [0.15, 0.2) is 0 Å². The van der Waals surface area contributed by atoms with Crippen LogP contribution in [0.2, 0.25) is 0 Å². The molecule has 3 aliphatic rings. The van der Waals surface area contributed by atoms with E-state index in [-0.39, 0.29) is 5.41 Å².